The number of rotatable bonds is 23. The summed E-state index contributed by atoms with van der Waals surface area (Å²) in [6, 6.07) is 8.06. The van der Waals surface area contributed by atoms with E-state index in [4.69, 9.17) is 0 Å². The lowest BCUT2D eigenvalue weighted by atomic mass is 10.0. The predicted octanol–water partition coefficient (Wildman–Crippen LogP) is 10.5. The van der Waals surface area contributed by atoms with Gasteiger partial charge < -0.3 is 4.90 Å². The zero-order chi connectivity index (χ0) is 26.4. The normalized spacial score (nSPS) is 11.3. The van der Waals surface area contributed by atoms with E-state index in [1.807, 2.05) is 30.6 Å². The second-order valence-electron chi connectivity index (χ2n) is 11.1. The third-order valence-corrected chi connectivity index (χ3v) is 7.76. The summed E-state index contributed by atoms with van der Waals surface area (Å²) in [4.78, 5) is 20.1. The number of nitrogens with zero attached hydrogens (tertiary/aromatic N) is 2. The van der Waals surface area contributed by atoms with E-state index >= 15 is 0 Å². The van der Waals surface area contributed by atoms with Gasteiger partial charge in [0.1, 0.15) is 0 Å². The minimum Gasteiger partial charge on any atom is -0.339 e. The molecule has 1 heterocycles. The van der Waals surface area contributed by atoms with Gasteiger partial charge in [-0.1, -0.05) is 142 Å². The highest BCUT2D eigenvalue weighted by Gasteiger charge is 2.17. The Bertz CT molecular complexity index is 804. The Kier molecular flexibility index (Phi) is 17.8. The lowest BCUT2D eigenvalue weighted by Crippen LogP contribution is -2.33. The van der Waals surface area contributed by atoms with Crippen molar-refractivity contribution in [3.63, 3.8) is 0 Å². The smallest absolute Gasteiger partial charge is 0.254 e. The van der Waals surface area contributed by atoms with Gasteiger partial charge in [-0.25, -0.2) is 0 Å². The highest BCUT2D eigenvalue weighted by atomic mass is 16.2. The van der Waals surface area contributed by atoms with Gasteiger partial charge in [-0.2, -0.15) is 0 Å². The third kappa shape index (κ3) is 13.5. The number of carbonyl (C=O) groups excluding carboxylic acids is 1. The van der Waals surface area contributed by atoms with Crippen LogP contribution < -0.4 is 0 Å². The zero-order valence-corrected chi connectivity index (χ0v) is 24.3. The molecule has 0 saturated carbocycles. The summed E-state index contributed by atoms with van der Waals surface area (Å²) in [5, 5.41) is 2.07. The first-order chi connectivity index (χ1) is 18.3. The van der Waals surface area contributed by atoms with E-state index in [-0.39, 0.29) is 5.91 Å². The molecule has 0 aliphatic carbocycles. The molecule has 1 aromatic carbocycles. The maximum absolute atomic E-state index is 13.6. The van der Waals surface area contributed by atoms with Gasteiger partial charge in [0.25, 0.3) is 5.91 Å². The summed E-state index contributed by atoms with van der Waals surface area (Å²) in [7, 11) is 0. The van der Waals surface area contributed by atoms with Crippen LogP contribution in [0.4, 0.5) is 0 Å². The minimum atomic E-state index is 0.186. The maximum atomic E-state index is 13.6. The topological polar surface area (TPSA) is 33.2 Å². The molecule has 3 heteroatoms. The standard InChI is InChI=1S/C34H56N2O/c1-3-5-7-9-11-13-15-17-19-21-28-36(29-22-20-18-16-14-12-10-8-6-4-2)34(37)32-25-23-24-31-26-27-35-30-33(31)32/h23-27,30H,3-22,28-29H2,1-2H3. The van der Waals surface area contributed by atoms with Gasteiger partial charge in [-0.05, 0) is 30.4 Å². The largest absolute Gasteiger partial charge is 0.339 e. The van der Waals surface area contributed by atoms with E-state index in [1.165, 1.54) is 116 Å². The monoisotopic (exact) mass is 508 g/mol. The van der Waals surface area contributed by atoms with Crippen molar-refractivity contribution >= 4 is 16.7 Å². The molecule has 0 unspecified atom stereocenters. The SMILES string of the molecule is CCCCCCCCCCCCN(CCCCCCCCCCCC)C(=O)c1cccc2ccncc12. The van der Waals surface area contributed by atoms with Gasteiger partial charge >= 0.3 is 0 Å². The van der Waals surface area contributed by atoms with Crippen molar-refractivity contribution in [3.8, 4) is 0 Å². The Morgan fingerprint density at radius 3 is 1.57 bits per heavy atom. The number of amides is 1. The number of benzene rings is 1. The Labute approximate surface area is 228 Å². The number of unbranched alkanes of at least 4 members (excludes halogenated alkanes) is 18. The van der Waals surface area contributed by atoms with E-state index in [1.54, 1.807) is 0 Å². The fraction of sp³-hybridized carbons (Fsp3) is 0.706. The summed E-state index contributed by atoms with van der Waals surface area (Å²) in [5.41, 5.74) is 0.810. The Morgan fingerprint density at radius 2 is 1.08 bits per heavy atom. The third-order valence-electron chi connectivity index (χ3n) is 7.76. The summed E-state index contributed by atoms with van der Waals surface area (Å²) in [5.74, 6) is 0.186. The number of aromatic nitrogens is 1. The predicted molar refractivity (Wildman–Crippen MR) is 161 cm³/mol. The van der Waals surface area contributed by atoms with Crippen molar-refractivity contribution in [3.05, 3.63) is 42.2 Å². The number of fused-ring (bicyclic) bond motifs is 1. The molecule has 3 nitrogen and oxygen atoms in total. The van der Waals surface area contributed by atoms with Crippen molar-refractivity contribution in [1.29, 1.82) is 0 Å². The second kappa shape index (κ2) is 21.1. The van der Waals surface area contributed by atoms with Crippen LogP contribution in [0.3, 0.4) is 0 Å². The van der Waals surface area contributed by atoms with Crippen LogP contribution >= 0.6 is 0 Å². The summed E-state index contributed by atoms with van der Waals surface area (Å²) < 4.78 is 0. The molecule has 0 radical (unpaired) electrons. The molecule has 2 aromatic rings. The number of pyridine rings is 1. The van der Waals surface area contributed by atoms with E-state index in [2.05, 4.69) is 29.8 Å². The molecule has 0 aliphatic heterocycles. The van der Waals surface area contributed by atoms with Crippen LogP contribution in [0.15, 0.2) is 36.7 Å². The zero-order valence-electron chi connectivity index (χ0n) is 24.3. The quantitative estimate of drug-likeness (QED) is 0.140. The molecule has 208 valence electrons. The molecule has 1 aromatic heterocycles. The van der Waals surface area contributed by atoms with Crippen LogP contribution in [0.1, 0.15) is 153 Å². The fourth-order valence-electron chi connectivity index (χ4n) is 5.37. The van der Waals surface area contributed by atoms with Crippen molar-refractivity contribution in [2.24, 2.45) is 0 Å². The average molecular weight is 509 g/mol. The maximum Gasteiger partial charge on any atom is 0.254 e. The minimum absolute atomic E-state index is 0.186. The number of carbonyl (C=O) groups is 1. The molecule has 0 aliphatic rings. The first kappa shape index (κ1) is 31.3. The number of hydrogen-bond donors (Lipinski definition) is 0. The van der Waals surface area contributed by atoms with Crippen LogP contribution in [0.5, 0.6) is 0 Å². The average Bonchev–Trinajstić information content (AvgIpc) is 2.93. The molecular weight excluding hydrogens is 452 g/mol. The highest BCUT2D eigenvalue weighted by molar-refractivity contribution is 6.06. The first-order valence-corrected chi connectivity index (χ1v) is 15.9. The van der Waals surface area contributed by atoms with Gasteiger partial charge in [-0.15, -0.1) is 0 Å². The molecular formula is C34H56N2O. The molecule has 1 amide bonds. The van der Waals surface area contributed by atoms with E-state index in [0.29, 0.717) is 0 Å². The van der Waals surface area contributed by atoms with E-state index in [9.17, 15) is 4.79 Å². The molecule has 0 bridgehead atoms. The van der Waals surface area contributed by atoms with E-state index in [0.717, 1.165) is 42.3 Å². The Hall–Kier alpha value is -1.90. The Balaban J connectivity index is 1.77. The van der Waals surface area contributed by atoms with Gasteiger partial charge in [0.05, 0.1) is 0 Å². The Morgan fingerprint density at radius 1 is 0.622 bits per heavy atom. The van der Waals surface area contributed by atoms with Gasteiger partial charge in [0.15, 0.2) is 0 Å². The number of hydrogen-bond acceptors (Lipinski definition) is 2. The molecule has 2 rings (SSSR count). The van der Waals surface area contributed by atoms with Crippen molar-refractivity contribution in [2.45, 2.75) is 142 Å². The lowest BCUT2D eigenvalue weighted by molar-refractivity contribution is 0.0751. The van der Waals surface area contributed by atoms with Crippen LogP contribution in [-0.4, -0.2) is 28.9 Å². The molecule has 0 fully saturated rings. The summed E-state index contributed by atoms with van der Waals surface area (Å²) >= 11 is 0. The van der Waals surface area contributed by atoms with Crippen molar-refractivity contribution in [2.75, 3.05) is 13.1 Å². The van der Waals surface area contributed by atoms with Gasteiger partial charge in [0.2, 0.25) is 0 Å². The van der Waals surface area contributed by atoms with Crippen molar-refractivity contribution < 1.29 is 4.79 Å². The second-order valence-corrected chi connectivity index (χ2v) is 11.1. The highest BCUT2D eigenvalue weighted by Crippen LogP contribution is 2.20. The van der Waals surface area contributed by atoms with Gasteiger partial charge in [-0.3, -0.25) is 9.78 Å². The van der Waals surface area contributed by atoms with Crippen molar-refractivity contribution in [1.82, 2.24) is 9.88 Å². The summed E-state index contributed by atoms with van der Waals surface area (Å²) in [6.45, 7) is 6.32. The fourth-order valence-corrected chi connectivity index (χ4v) is 5.37. The van der Waals surface area contributed by atoms with Crippen LogP contribution in [0.25, 0.3) is 10.8 Å². The molecule has 0 saturated heterocycles. The van der Waals surface area contributed by atoms with E-state index < -0.39 is 0 Å². The molecule has 0 spiro atoms. The summed E-state index contributed by atoms with van der Waals surface area (Å²) in [6.07, 6.45) is 30.1. The van der Waals surface area contributed by atoms with Gasteiger partial charge in [0, 0.05) is 36.4 Å². The molecule has 0 N–H and O–H groups in total. The lowest BCUT2D eigenvalue weighted by Gasteiger charge is -2.23. The molecule has 37 heavy (non-hydrogen) atoms. The van der Waals surface area contributed by atoms with Crippen LogP contribution in [-0.2, 0) is 0 Å². The first-order valence-electron chi connectivity index (χ1n) is 15.9. The van der Waals surface area contributed by atoms with Crippen LogP contribution in [0.2, 0.25) is 0 Å². The molecule has 0 atom stereocenters. The van der Waals surface area contributed by atoms with Crippen LogP contribution in [0, 0.1) is 0 Å².